The Morgan fingerprint density at radius 3 is 1.01 bits per heavy atom. The number of amides is 7. The Hall–Kier alpha value is -4.71. The molecule has 7 amide bonds. The van der Waals surface area contributed by atoms with Crippen molar-refractivity contribution in [1.29, 1.82) is 0 Å². The van der Waals surface area contributed by atoms with Crippen molar-refractivity contribution in [3.8, 4) is 0 Å². The third-order valence-electron chi connectivity index (χ3n) is 18.6. The molecule has 3 heterocycles. The van der Waals surface area contributed by atoms with Gasteiger partial charge in [0, 0.05) is 78.3 Å². The zero-order valence-corrected chi connectivity index (χ0v) is 62.1. The van der Waals surface area contributed by atoms with E-state index in [0.717, 1.165) is 0 Å². The van der Waals surface area contributed by atoms with Gasteiger partial charge in [-0.1, -0.05) is 57.8 Å². The van der Waals surface area contributed by atoms with Crippen molar-refractivity contribution in [2.24, 2.45) is 5.73 Å². The highest BCUT2D eigenvalue weighted by Crippen LogP contribution is 2.26. The van der Waals surface area contributed by atoms with Crippen molar-refractivity contribution >= 4 is 41.4 Å². The van der Waals surface area contributed by atoms with Crippen molar-refractivity contribution < 1.29 is 153 Å². The molecule has 22 atom stereocenters. The van der Waals surface area contributed by atoms with Gasteiger partial charge < -0.3 is 163 Å². The van der Waals surface area contributed by atoms with Crippen LogP contribution >= 0.6 is 0 Å². The average Bonchev–Trinajstić information content (AvgIpc) is 0.831. The van der Waals surface area contributed by atoms with Crippen molar-refractivity contribution in [3.05, 3.63) is 0 Å². The van der Waals surface area contributed by atoms with E-state index >= 15 is 0 Å². The van der Waals surface area contributed by atoms with Gasteiger partial charge in [0.15, 0.2) is 25.2 Å². The van der Waals surface area contributed by atoms with E-state index in [0.29, 0.717) is 129 Å². The van der Waals surface area contributed by atoms with Gasteiger partial charge in [0.2, 0.25) is 41.4 Å². The first-order chi connectivity index (χ1) is 51.7. The van der Waals surface area contributed by atoms with Gasteiger partial charge in [0.05, 0.1) is 25.9 Å². The Balaban J connectivity index is 1.70. The highest BCUT2D eigenvalue weighted by atomic mass is 16.7. The second kappa shape index (κ2) is 56.5. The number of hydrogen-bond acceptors (Lipinski definition) is 32. The number of ether oxygens (including phenoxy) is 8. The summed E-state index contributed by atoms with van der Waals surface area (Å²) in [5.74, 6) is -4.25. The van der Waals surface area contributed by atoms with Crippen LogP contribution in [0.5, 0.6) is 0 Å². The normalized spacial score (nSPS) is 26.4. The lowest BCUT2D eigenvalue weighted by atomic mass is 9.99. The average molecular weight is 1570 g/mol. The molecule has 39 nitrogen and oxygen atoms in total. The van der Waals surface area contributed by atoms with E-state index in [4.69, 9.17) is 43.6 Å². The number of unbranched alkanes of at least 4 members (excludes halogenated alkanes) is 14. The molecule has 3 aliphatic heterocycles. The van der Waals surface area contributed by atoms with Crippen LogP contribution in [0.15, 0.2) is 0 Å². The van der Waals surface area contributed by atoms with Crippen LogP contribution in [-0.4, -0.2) is 344 Å². The smallest absolute Gasteiger partial charge is 0.242 e. The molecule has 25 N–H and O–H groups in total. The molecule has 14 unspecified atom stereocenters. The maximum atomic E-state index is 14.0. The molecule has 3 rings (SSSR count). The van der Waals surface area contributed by atoms with Crippen LogP contribution in [0, 0.1) is 0 Å². The highest BCUT2D eigenvalue weighted by molar-refractivity contribution is 5.91. The molecule has 630 valence electrons. The molecule has 0 bridgehead atoms. The largest absolute Gasteiger partial charge is 0.394 e. The van der Waals surface area contributed by atoms with Crippen LogP contribution in [0.2, 0.25) is 0 Å². The van der Waals surface area contributed by atoms with Gasteiger partial charge in [-0.05, 0) is 96.9 Å². The Morgan fingerprint density at radius 1 is 0.361 bits per heavy atom. The SMILES string of the molecule is C[C@@H](O)C(O)C(O)[C@H](OCO)OCCCCCCNC(=O)CCC(NC(=O)CCC(NC(=O)CCC(NC(=O)CCCCCN)C(=O)NCCCCCCO[C@H]1O[C@H](CO)C(O)C(O)C1O)C(=O)NCCCCCCO[C@H]1O[C@H](CO)C(O)C(O)C1O)C(=O)NCCCCCCO[C@H]1O[C@H](CO)C(O)C(O)C1O. The van der Waals surface area contributed by atoms with Gasteiger partial charge in [-0.2, -0.15) is 0 Å². The molecule has 0 aromatic carbocycles. The molecular formula is C69H128N8O31. The predicted molar refractivity (Wildman–Crippen MR) is 378 cm³/mol. The summed E-state index contributed by atoms with van der Waals surface area (Å²) in [5.41, 5.74) is 5.63. The standard InChI is InChI=1S/C69H128N8O31/c1-41(82)52(87)59(94)66(105-40-81)101-33-17-6-2-13-29-71-48(83)25-22-42(63(98)72-30-14-3-7-18-34-102-67-60(95)56(91)53(88)45(37-78)106-67)76-50(85)27-24-44(65(100)74-32-16-5-9-20-36-104-69-62(97)58(93)55(90)47(39-80)108-69)77-51(86)26-23-43(75-49(84)21-11-10-12-28-70)64(99)73-31-15-4-8-19-35-103-68-61(96)57(92)54(89)46(38-79)107-68/h41-47,52-62,66-69,78-82,87-97H,2-40,70H2,1H3,(H,71,83)(H,72,98)(H,73,99)(H,74,100)(H,75,84)(H,76,85)(H,77,86)/t41-,42?,43?,44?,45-,46-,47-,52?,53?,54?,55?,56?,57?,58?,59?,60?,61?,62?,66+,67+,68+,69+/m1/s1. The Morgan fingerprint density at radius 2 is 0.676 bits per heavy atom. The van der Waals surface area contributed by atoms with E-state index in [1.807, 2.05) is 0 Å². The first kappa shape index (κ1) is 97.5. The van der Waals surface area contributed by atoms with Crippen molar-refractivity contribution in [2.75, 3.05) is 85.8 Å². The Labute approximate surface area is 629 Å². The molecule has 0 saturated carbocycles. The molecular weight excluding hydrogens is 1440 g/mol. The van der Waals surface area contributed by atoms with Crippen LogP contribution in [0.25, 0.3) is 0 Å². The van der Waals surface area contributed by atoms with E-state index in [9.17, 15) is 115 Å². The highest BCUT2D eigenvalue weighted by Gasteiger charge is 2.46. The third-order valence-corrected chi connectivity index (χ3v) is 18.6. The first-order valence-electron chi connectivity index (χ1n) is 38.1. The molecule has 3 fully saturated rings. The second-order valence-electron chi connectivity index (χ2n) is 27.4. The Kier molecular flexibility index (Phi) is 51.0. The summed E-state index contributed by atoms with van der Waals surface area (Å²) in [4.78, 5) is 95.9. The van der Waals surface area contributed by atoms with Crippen LogP contribution in [0.3, 0.4) is 0 Å². The van der Waals surface area contributed by atoms with E-state index < -0.39 is 209 Å². The molecule has 108 heavy (non-hydrogen) atoms. The summed E-state index contributed by atoms with van der Waals surface area (Å²) in [6.07, 6.45) is -18.8. The molecule has 0 spiro atoms. The van der Waals surface area contributed by atoms with Gasteiger partial charge in [-0.15, -0.1) is 0 Å². The minimum absolute atomic E-state index is 0.0651. The molecule has 0 aromatic heterocycles. The van der Waals surface area contributed by atoms with Gasteiger partial charge in [-0.25, -0.2) is 0 Å². The van der Waals surface area contributed by atoms with Gasteiger partial charge in [0.1, 0.15) is 110 Å². The van der Waals surface area contributed by atoms with Crippen LogP contribution in [-0.2, 0) is 71.5 Å². The summed E-state index contributed by atoms with van der Waals surface area (Å²) in [6.45, 7) is -0.0101. The fourth-order valence-electron chi connectivity index (χ4n) is 11.9. The number of aliphatic hydroxyl groups is 16. The number of carbonyl (C=O) groups excluding carboxylic acids is 7. The number of aliphatic hydroxyl groups excluding tert-OH is 16. The third kappa shape index (κ3) is 37.3. The molecule has 3 aliphatic rings. The fourth-order valence-corrected chi connectivity index (χ4v) is 11.9. The topological polar surface area (TPSA) is 627 Å². The zero-order chi connectivity index (χ0) is 79.9. The van der Waals surface area contributed by atoms with E-state index in [-0.39, 0.29) is 91.1 Å². The van der Waals surface area contributed by atoms with Gasteiger partial charge in [-0.3, -0.25) is 33.6 Å². The maximum Gasteiger partial charge on any atom is 0.242 e. The summed E-state index contributed by atoms with van der Waals surface area (Å²) in [5, 5.41) is 178. The monoisotopic (exact) mass is 1560 g/mol. The summed E-state index contributed by atoms with van der Waals surface area (Å²) in [7, 11) is 0. The lowest BCUT2D eigenvalue weighted by Crippen LogP contribution is -2.59. The summed E-state index contributed by atoms with van der Waals surface area (Å²) in [6, 6.07) is -3.84. The van der Waals surface area contributed by atoms with E-state index in [1.54, 1.807) is 0 Å². The zero-order valence-electron chi connectivity index (χ0n) is 62.1. The Bertz CT molecular complexity index is 2470. The first-order valence-corrected chi connectivity index (χ1v) is 38.1. The quantitative estimate of drug-likeness (QED) is 0.0199. The number of carbonyl (C=O) groups is 7. The van der Waals surface area contributed by atoms with Crippen LogP contribution in [0.4, 0.5) is 0 Å². The van der Waals surface area contributed by atoms with E-state index in [1.165, 1.54) is 6.92 Å². The minimum atomic E-state index is -1.64. The second-order valence-corrected chi connectivity index (χ2v) is 27.4. The van der Waals surface area contributed by atoms with Gasteiger partial charge >= 0.3 is 0 Å². The number of rotatable bonds is 60. The lowest BCUT2D eigenvalue weighted by molar-refractivity contribution is -0.301. The number of nitrogens with two attached hydrogens (primary N) is 1. The van der Waals surface area contributed by atoms with Crippen LogP contribution in [0.1, 0.15) is 174 Å². The van der Waals surface area contributed by atoms with Crippen molar-refractivity contribution in [1.82, 2.24) is 37.2 Å². The molecule has 3 saturated heterocycles. The summed E-state index contributed by atoms with van der Waals surface area (Å²) < 4.78 is 43.3. The molecule has 0 aromatic rings. The van der Waals surface area contributed by atoms with E-state index in [2.05, 4.69) is 37.2 Å². The maximum absolute atomic E-state index is 14.0. The molecule has 0 aliphatic carbocycles. The number of nitrogens with one attached hydrogen (secondary N) is 7. The molecule has 39 heteroatoms. The predicted octanol–water partition coefficient (Wildman–Crippen LogP) is -7.13. The minimum Gasteiger partial charge on any atom is -0.394 e. The van der Waals surface area contributed by atoms with Crippen molar-refractivity contribution in [3.63, 3.8) is 0 Å². The lowest BCUT2D eigenvalue weighted by Gasteiger charge is -2.39. The molecule has 0 radical (unpaired) electrons. The fraction of sp³-hybridized carbons (Fsp3) is 0.899. The van der Waals surface area contributed by atoms with Gasteiger partial charge in [0.25, 0.3) is 0 Å². The summed E-state index contributed by atoms with van der Waals surface area (Å²) >= 11 is 0. The van der Waals surface area contributed by atoms with Crippen LogP contribution < -0.4 is 43.0 Å². The van der Waals surface area contributed by atoms with Crippen molar-refractivity contribution in [2.45, 2.75) is 309 Å². The number of hydrogen-bond donors (Lipinski definition) is 24.